The van der Waals surface area contributed by atoms with Gasteiger partial charge >= 0.3 is 0 Å². The van der Waals surface area contributed by atoms with Crippen LogP contribution in [0.3, 0.4) is 0 Å². The quantitative estimate of drug-likeness (QED) is 0.875. The highest BCUT2D eigenvalue weighted by molar-refractivity contribution is 5.80. The number of nitrogens with zero attached hydrogens (tertiary/aromatic N) is 3. The first-order valence-corrected chi connectivity index (χ1v) is 8.71. The van der Waals surface area contributed by atoms with Crippen molar-refractivity contribution in [1.82, 2.24) is 15.1 Å². The second-order valence-electron chi connectivity index (χ2n) is 6.18. The molecule has 0 saturated heterocycles. The van der Waals surface area contributed by atoms with Crippen LogP contribution in [0.4, 0.5) is 5.82 Å². The Kier molecular flexibility index (Phi) is 5.60. The smallest absolute Gasteiger partial charge is 0.251 e. The summed E-state index contributed by atoms with van der Waals surface area (Å²) in [5.41, 5.74) is 3.10. The Labute approximate surface area is 148 Å². The van der Waals surface area contributed by atoms with Crippen molar-refractivity contribution in [3.63, 3.8) is 0 Å². The Hall–Kier alpha value is -2.47. The van der Waals surface area contributed by atoms with Gasteiger partial charge in [0, 0.05) is 26.1 Å². The van der Waals surface area contributed by atoms with Crippen molar-refractivity contribution in [2.75, 3.05) is 18.4 Å². The summed E-state index contributed by atoms with van der Waals surface area (Å²) in [6.07, 6.45) is 0.260. The predicted molar refractivity (Wildman–Crippen MR) is 96.0 cm³/mol. The molecule has 2 heterocycles. The van der Waals surface area contributed by atoms with Gasteiger partial charge in [0.2, 0.25) is 0 Å². The lowest BCUT2D eigenvalue weighted by atomic mass is 10.1. The number of hydrogen-bond donors (Lipinski definition) is 1. The number of fused-ring (bicyclic) bond motifs is 1. The number of anilines is 1. The molecular formula is C19H24N4O2. The Bertz CT molecular complexity index is 721. The lowest BCUT2D eigenvalue weighted by Gasteiger charge is -2.30. The van der Waals surface area contributed by atoms with E-state index in [-0.39, 0.29) is 5.91 Å². The van der Waals surface area contributed by atoms with Crippen LogP contribution in [-0.2, 0) is 29.1 Å². The van der Waals surface area contributed by atoms with Crippen LogP contribution in [0.25, 0.3) is 0 Å². The molecule has 2 aromatic rings. The van der Waals surface area contributed by atoms with Crippen LogP contribution in [0.15, 0.2) is 36.4 Å². The van der Waals surface area contributed by atoms with Crippen molar-refractivity contribution in [3.8, 4) is 0 Å². The molecule has 1 aromatic carbocycles. The van der Waals surface area contributed by atoms with E-state index in [1.165, 1.54) is 0 Å². The molecule has 0 fully saturated rings. The van der Waals surface area contributed by atoms with Gasteiger partial charge in [-0.1, -0.05) is 30.3 Å². The fourth-order valence-electron chi connectivity index (χ4n) is 2.91. The van der Waals surface area contributed by atoms with Gasteiger partial charge in [-0.25, -0.2) is 0 Å². The number of rotatable bonds is 6. The van der Waals surface area contributed by atoms with Crippen LogP contribution < -0.4 is 5.32 Å². The maximum atomic E-state index is 12.7. The molecule has 0 unspecified atom stereocenters. The van der Waals surface area contributed by atoms with E-state index in [2.05, 4.69) is 15.5 Å². The Morgan fingerprint density at radius 3 is 2.88 bits per heavy atom. The second kappa shape index (κ2) is 8.07. The van der Waals surface area contributed by atoms with Crippen LogP contribution in [0, 0.1) is 0 Å². The molecule has 1 aliphatic heterocycles. The Balaban J connectivity index is 1.60. The number of benzene rings is 1. The van der Waals surface area contributed by atoms with Gasteiger partial charge in [-0.15, -0.1) is 5.10 Å². The Morgan fingerprint density at radius 2 is 2.12 bits per heavy atom. The van der Waals surface area contributed by atoms with Gasteiger partial charge in [-0.05, 0) is 31.0 Å². The van der Waals surface area contributed by atoms with Crippen molar-refractivity contribution in [2.24, 2.45) is 0 Å². The summed E-state index contributed by atoms with van der Waals surface area (Å²) < 4.78 is 5.76. The molecule has 1 atom stereocenters. The lowest BCUT2D eigenvalue weighted by molar-refractivity contribution is -0.144. The second-order valence-corrected chi connectivity index (χ2v) is 6.18. The van der Waals surface area contributed by atoms with E-state index in [1.54, 1.807) is 0 Å². The van der Waals surface area contributed by atoms with Gasteiger partial charge in [0.1, 0.15) is 11.9 Å². The van der Waals surface area contributed by atoms with Crippen molar-refractivity contribution >= 4 is 11.7 Å². The minimum Gasteiger partial charge on any atom is -0.369 e. The average Bonchev–Trinajstić information content (AvgIpc) is 2.66. The fraction of sp³-hybridized carbons (Fsp3) is 0.421. The standard InChI is InChI=1S/C19H24N4O2/c1-3-20-18-11-16-12-23(10-9-17(16)21-22-18)19(24)14(2)25-13-15-7-5-4-6-8-15/h4-8,11,14H,3,9-10,12-13H2,1-2H3,(H,20,22)/t14-/m0/s1. The molecule has 25 heavy (non-hydrogen) atoms. The van der Waals surface area contributed by atoms with E-state index in [4.69, 9.17) is 4.74 Å². The molecule has 1 N–H and O–H groups in total. The fourth-order valence-corrected chi connectivity index (χ4v) is 2.91. The number of hydrogen-bond acceptors (Lipinski definition) is 5. The van der Waals surface area contributed by atoms with Crippen LogP contribution in [0.5, 0.6) is 0 Å². The van der Waals surface area contributed by atoms with E-state index < -0.39 is 6.10 Å². The molecule has 0 spiro atoms. The summed E-state index contributed by atoms with van der Waals surface area (Å²) in [7, 11) is 0. The van der Waals surface area contributed by atoms with Crippen LogP contribution in [-0.4, -0.2) is 40.2 Å². The molecule has 6 heteroatoms. The molecule has 132 valence electrons. The van der Waals surface area contributed by atoms with E-state index in [0.717, 1.165) is 35.6 Å². The zero-order valence-electron chi connectivity index (χ0n) is 14.7. The zero-order chi connectivity index (χ0) is 17.6. The number of nitrogens with one attached hydrogen (secondary N) is 1. The van der Waals surface area contributed by atoms with E-state index in [0.29, 0.717) is 19.7 Å². The highest BCUT2D eigenvalue weighted by atomic mass is 16.5. The normalized spacial score (nSPS) is 14.7. The zero-order valence-corrected chi connectivity index (χ0v) is 14.7. The minimum absolute atomic E-state index is 0.0170. The highest BCUT2D eigenvalue weighted by Crippen LogP contribution is 2.20. The molecule has 1 aliphatic rings. The first kappa shape index (κ1) is 17.4. The molecule has 1 amide bonds. The first-order chi connectivity index (χ1) is 12.2. The van der Waals surface area contributed by atoms with E-state index in [9.17, 15) is 4.79 Å². The largest absolute Gasteiger partial charge is 0.369 e. The molecular weight excluding hydrogens is 316 g/mol. The summed E-state index contributed by atoms with van der Waals surface area (Å²) in [6.45, 7) is 6.27. The van der Waals surface area contributed by atoms with Crippen molar-refractivity contribution in [1.29, 1.82) is 0 Å². The monoisotopic (exact) mass is 340 g/mol. The maximum Gasteiger partial charge on any atom is 0.251 e. The number of amides is 1. The SMILES string of the molecule is CCNc1cc2c(nn1)CCN(C(=O)[C@H](C)OCc1ccccc1)C2. The van der Waals surface area contributed by atoms with Gasteiger partial charge in [0.15, 0.2) is 0 Å². The van der Waals surface area contributed by atoms with Gasteiger partial charge in [-0.3, -0.25) is 4.79 Å². The third-order valence-corrected chi connectivity index (χ3v) is 4.30. The van der Waals surface area contributed by atoms with Crippen molar-refractivity contribution in [2.45, 2.75) is 39.5 Å². The van der Waals surface area contributed by atoms with E-state index >= 15 is 0 Å². The van der Waals surface area contributed by atoms with Crippen molar-refractivity contribution in [3.05, 3.63) is 53.2 Å². The first-order valence-electron chi connectivity index (χ1n) is 8.71. The number of carbonyl (C=O) groups is 1. The molecule has 0 radical (unpaired) electrons. The van der Waals surface area contributed by atoms with E-state index in [1.807, 2.05) is 55.1 Å². The van der Waals surface area contributed by atoms with Crippen LogP contribution >= 0.6 is 0 Å². The summed E-state index contributed by atoms with van der Waals surface area (Å²) in [5.74, 6) is 0.771. The maximum absolute atomic E-state index is 12.7. The van der Waals surface area contributed by atoms with Crippen molar-refractivity contribution < 1.29 is 9.53 Å². The summed E-state index contributed by atoms with van der Waals surface area (Å²) in [6, 6.07) is 11.9. The molecule has 1 aromatic heterocycles. The molecule has 3 rings (SSSR count). The Morgan fingerprint density at radius 1 is 1.32 bits per heavy atom. The van der Waals surface area contributed by atoms with Gasteiger partial charge in [0.05, 0.1) is 12.3 Å². The molecule has 0 saturated carbocycles. The predicted octanol–water partition coefficient (Wildman–Crippen LogP) is 2.40. The third-order valence-electron chi connectivity index (χ3n) is 4.30. The summed E-state index contributed by atoms with van der Waals surface area (Å²) in [5, 5.41) is 11.6. The van der Waals surface area contributed by atoms with Crippen LogP contribution in [0.2, 0.25) is 0 Å². The molecule has 0 bridgehead atoms. The van der Waals surface area contributed by atoms with Gasteiger partial charge in [-0.2, -0.15) is 5.10 Å². The number of carbonyl (C=O) groups excluding carboxylic acids is 1. The molecule has 6 nitrogen and oxygen atoms in total. The topological polar surface area (TPSA) is 67.4 Å². The molecule has 0 aliphatic carbocycles. The van der Waals surface area contributed by atoms with Crippen LogP contribution in [0.1, 0.15) is 30.7 Å². The summed E-state index contributed by atoms with van der Waals surface area (Å²) in [4.78, 5) is 14.5. The van der Waals surface area contributed by atoms with Gasteiger partial charge in [0.25, 0.3) is 5.91 Å². The number of ether oxygens (including phenoxy) is 1. The van der Waals surface area contributed by atoms with Gasteiger partial charge < -0.3 is 15.0 Å². The number of aromatic nitrogens is 2. The minimum atomic E-state index is -0.468. The average molecular weight is 340 g/mol. The highest BCUT2D eigenvalue weighted by Gasteiger charge is 2.26. The summed E-state index contributed by atoms with van der Waals surface area (Å²) >= 11 is 0. The third kappa shape index (κ3) is 4.33. The lowest BCUT2D eigenvalue weighted by Crippen LogP contribution is -2.42.